The van der Waals surface area contributed by atoms with E-state index in [0.717, 1.165) is 25.8 Å². The van der Waals surface area contributed by atoms with Crippen molar-refractivity contribution in [1.82, 2.24) is 4.90 Å². The van der Waals surface area contributed by atoms with E-state index in [1.54, 1.807) is 6.07 Å². The summed E-state index contributed by atoms with van der Waals surface area (Å²) < 4.78 is 0. The molecule has 1 atom stereocenters. The summed E-state index contributed by atoms with van der Waals surface area (Å²) in [6.45, 7) is 4.98. The second-order valence-corrected chi connectivity index (χ2v) is 4.50. The lowest BCUT2D eigenvalue weighted by atomic mass is 9.87. The average Bonchev–Trinajstić information content (AvgIpc) is 2.35. The van der Waals surface area contributed by atoms with Crippen molar-refractivity contribution in [3.05, 3.63) is 29.3 Å². The number of rotatable bonds is 2. The molecule has 17 heavy (non-hydrogen) atoms. The summed E-state index contributed by atoms with van der Waals surface area (Å²) in [6.07, 6.45) is 3.23. The van der Waals surface area contributed by atoms with Crippen LogP contribution in [0.1, 0.15) is 31.4 Å². The number of benzene rings is 1. The summed E-state index contributed by atoms with van der Waals surface area (Å²) in [7, 11) is 0. The number of phenols is 1. The van der Waals surface area contributed by atoms with Gasteiger partial charge in [0.15, 0.2) is 0 Å². The fourth-order valence-electron chi connectivity index (χ4n) is 2.56. The Morgan fingerprint density at radius 1 is 1.41 bits per heavy atom. The molecule has 2 rings (SSSR count). The molecule has 1 aliphatic rings. The Morgan fingerprint density at radius 2 is 2.24 bits per heavy atom. The lowest BCUT2D eigenvalue weighted by Crippen LogP contribution is -2.35. The van der Waals surface area contributed by atoms with Crippen LogP contribution in [0.4, 0.5) is 0 Å². The summed E-state index contributed by atoms with van der Waals surface area (Å²) >= 11 is 0. The molecule has 1 N–H and O–H groups in total. The molecule has 0 radical (unpaired) electrons. The Morgan fingerprint density at radius 3 is 2.94 bits per heavy atom. The molecule has 1 aliphatic carbocycles. The van der Waals surface area contributed by atoms with Crippen molar-refractivity contribution in [1.29, 1.82) is 0 Å². The van der Waals surface area contributed by atoms with Crippen LogP contribution >= 0.6 is 0 Å². The minimum absolute atomic E-state index is 0.369. The maximum absolute atomic E-state index is 9.53. The van der Waals surface area contributed by atoms with E-state index < -0.39 is 0 Å². The molecule has 0 aliphatic heterocycles. The zero-order chi connectivity index (χ0) is 12.3. The van der Waals surface area contributed by atoms with Gasteiger partial charge in [-0.2, -0.15) is 0 Å². The molecular formula is C15H19NO. The van der Waals surface area contributed by atoms with Crippen molar-refractivity contribution in [3.63, 3.8) is 0 Å². The Hall–Kier alpha value is -1.62. The maximum Gasteiger partial charge on any atom is 0.115 e. The molecule has 2 nitrogen and oxygen atoms in total. The lowest BCUT2D eigenvalue weighted by Gasteiger charge is -2.32. The van der Waals surface area contributed by atoms with Crippen LogP contribution in [0.25, 0.3) is 0 Å². The average molecular weight is 229 g/mol. The van der Waals surface area contributed by atoms with Gasteiger partial charge in [-0.3, -0.25) is 0 Å². The summed E-state index contributed by atoms with van der Waals surface area (Å²) in [5.74, 6) is 3.35. The topological polar surface area (TPSA) is 23.5 Å². The van der Waals surface area contributed by atoms with Gasteiger partial charge >= 0.3 is 0 Å². The standard InChI is InChI=1S/C15H19NO/c1-3-9-16(4-2)14-7-5-12-6-8-15(17)11-13(12)10-14/h6,8,11,14,17H,4-5,7,10H2,1-2H3. The molecule has 0 bridgehead atoms. The molecule has 1 aromatic carbocycles. The molecule has 90 valence electrons. The van der Waals surface area contributed by atoms with Crippen LogP contribution in [0.15, 0.2) is 18.2 Å². The van der Waals surface area contributed by atoms with Crippen LogP contribution in [0.2, 0.25) is 0 Å². The predicted molar refractivity (Wildman–Crippen MR) is 69.7 cm³/mol. The van der Waals surface area contributed by atoms with Gasteiger partial charge in [-0.05, 0) is 56.4 Å². The van der Waals surface area contributed by atoms with Crippen LogP contribution in [0.3, 0.4) is 0 Å². The molecule has 0 amide bonds. The number of likely N-dealkylation sites (N-methyl/N-ethyl adjacent to an activating group) is 1. The van der Waals surface area contributed by atoms with E-state index in [9.17, 15) is 5.11 Å². The first-order valence-corrected chi connectivity index (χ1v) is 6.24. The molecular weight excluding hydrogens is 210 g/mol. The van der Waals surface area contributed by atoms with Gasteiger partial charge in [-0.15, -0.1) is 0 Å². The number of aromatic hydroxyl groups is 1. The fraction of sp³-hybridized carbons (Fsp3) is 0.467. The van der Waals surface area contributed by atoms with Gasteiger partial charge in [0.25, 0.3) is 0 Å². The predicted octanol–water partition coefficient (Wildman–Crippen LogP) is 2.55. The van der Waals surface area contributed by atoms with Crippen LogP contribution in [0, 0.1) is 12.0 Å². The normalized spacial score (nSPS) is 17.9. The molecule has 0 heterocycles. The quantitative estimate of drug-likeness (QED) is 0.622. The van der Waals surface area contributed by atoms with E-state index in [-0.39, 0.29) is 0 Å². The zero-order valence-electron chi connectivity index (χ0n) is 10.5. The van der Waals surface area contributed by atoms with Crippen LogP contribution in [-0.2, 0) is 12.8 Å². The Balaban J connectivity index is 2.18. The van der Waals surface area contributed by atoms with Gasteiger partial charge in [-0.25, -0.2) is 0 Å². The van der Waals surface area contributed by atoms with Gasteiger partial charge in [0.05, 0.1) is 0 Å². The highest BCUT2D eigenvalue weighted by atomic mass is 16.3. The monoisotopic (exact) mass is 229 g/mol. The summed E-state index contributed by atoms with van der Waals surface area (Å²) in [5.41, 5.74) is 2.65. The first-order chi connectivity index (χ1) is 8.24. The number of fused-ring (bicyclic) bond motifs is 1. The number of hydrogen-bond donors (Lipinski definition) is 1. The second-order valence-electron chi connectivity index (χ2n) is 4.50. The van der Waals surface area contributed by atoms with Crippen molar-refractivity contribution < 1.29 is 5.11 Å². The SMILES string of the molecule is CC#CN(CC)C1CCc2ccc(O)cc2C1. The minimum Gasteiger partial charge on any atom is -0.508 e. The highest BCUT2D eigenvalue weighted by Gasteiger charge is 2.22. The molecule has 1 aromatic rings. The summed E-state index contributed by atoms with van der Waals surface area (Å²) in [6, 6.07) is 9.38. The largest absolute Gasteiger partial charge is 0.508 e. The van der Waals surface area contributed by atoms with Crippen molar-refractivity contribution in [2.75, 3.05) is 6.54 Å². The third kappa shape index (κ3) is 2.55. The van der Waals surface area contributed by atoms with E-state index in [1.807, 2.05) is 19.1 Å². The van der Waals surface area contributed by atoms with Crippen LogP contribution < -0.4 is 0 Å². The van der Waals surface area contributed by atoms with Crippen LogP contribution in [-0.4, -0.2) is 22.6 Å². The first kappa shape index (κ1) is 11.9. The smallest absolute Gasteiger partial charge is 0.115 e. The summed E-state index contributed by atoms with van der Waals surface area (Å²) in [5, 5.41) is 9.53. The van der Waals surface area contributed by atoms with Crippen molar-refractivity contribution in [3.8, 4) is 17.7 Å². The highest BCUT2D eigenvalue weighted by Crippen LogP contribution is 2.27. The maximum atomic E-state index is 9.53. The van der Waals surface area contributed by atoms with Crippen molar-refractivity contribution in [2.45, 2.75) is 39.2 Å². The van der Waals surface area contributed by atoms with Gasteiger partial charge in [-0.1, -0.05) is 12.0 Å². The zero-order valence-corrected chi connectivity index (χ0v) is 10.5. The Labute approximate surface area is 103 Å². The van der Waals surface area contributed by atoms with E-state index >= 15 is 0 Å². The Kier molecular flexibility index (Phi) is 3.58. The van der Waals surface area contributed by atoms with E-state index in [0.29, 0.717) is 11.8 Å². The molecule has 0 saturated carbocycles. The van der Waals surface area contributed by atoms with E-state index in [2.05, 4.69) is 23.8 Å². The molecule has 1 unspecified atom stereocenters. The molecule has 0 aromatic heterocycles. The highest BCUT2D eigenvalue weighted by molar-refractivity contribution is 5.37. The summed E-state index contributed by atoms with van der Waals surface area (Å²) in [4.78, 5) is 2.22. The third-order valence-electron chi connectivity index (χ3n) is 3.43. The number of aryl methyl sites for hydroxylation is 1. The van der Waals surface area contributed by atoms with E-state index in [4.69, 9.17) is 0 Å². The minimum atomic E-state index is 0.369. The molecule has 0 spiro atoms. The van der Waals surface area contributed by atoms with Crippen molar-refractivity contribution >= 4 is 0 Å². The van der Waals surface area contributed by atoms with Gasteiger partial charge in [0.1, 0.15) is 5.75 Å². The van der Waals surface area contributed by atoms with Crippen LogP contribution in [0.5, 0.6) is 5.75 Å². The lowest BCUT2D eigenvalue weighted by molar-refractivity contribution is 0.279. The van der Waals surface area contributed by atoms with Gasteiger partial charge < -0.3 is 10.0 Å². The van der Waals surface area contributed by atoms with E-state index in [1.165, 1.54) is 11.1 Å². The third-order valence-corrected chi connectivity index (χ3v) is 3.43. The second kappa shape index (κ2) is 5.14. The first-order valence-electron chi connectivity index (χ1n) is 6.24. The number of nitrogens with zero attached hydrogens (tertiary/aromatic N) is 1. The van der Waals surface area contributed by atoms with Gasteiger partial charge in [0.2, 0.25) is 0 Å². The molecule has 2 heteroatoms. The molecule has 0 fully saturated rings. The number of hydrogen-bond acceptors (Lipinski definition) is 2. The number of phenolic OH excluding ortho intramolecular Hbond substituents is 1. The molecule has 0 saturated heterocycles. The van der Waals surface area contributed by atoms with Gasteiger partial charge in [0, 0.05) is 18.6 Å². The fourth-order valence-corrected chi connectivity index (χ4v) is 2.56. The van der Waals surface area contributed by atoms with Crippen molar-refractivity contribution in [2.24, 2.45) is 0 Å². The Bertz CT molecular complexity index is 456.